The van der Waals surface area contributed by atoms with Gasteiger partial charge in [-0.05, 0) is 42.9 Å². The van der Waals surface area contributed by atoms with Gasteiger partial charge >= 0.3 is 0 Å². The summed E-state index contributed by atoms with van der Waals surface area (Å²) in [5, 5.41) is 4.13. The minimum Gasteiger partial charge on any atom is -0.310 e. The lowest BCUT2D eigenvalue weighted by molar-refractivity contribution is 0.262. The highest BCUT2D eigenvalue weighted by Gasteiger charge is 2.21. The average Bonchev–Trinajstić information content (AvgIpc) is 2.43. The van der Waals surface area contributed by atoms with Gasteiger partial charge in [-0.1, -0.05) is 43.9 Å². The van der Waals surface area contributed by atoms with Gasteiger partial charge in [0.2, 0.25) is 0 Å². The molecule has 1 atom stereocenters. The van der Waals surface area contributed by atoms with Crippen molar-refractivity contribution in [3.8, 4) is 0 Å². The van der Waals surface area contributed by atoms with Crippen molar-refractivity contribution in [3.05, 3.63) is 34.6 Å². The van der Waals surface area contributed by atoms with Crippen molar-refractivity contribution < 1.29 is 4.39 Å². The lowest BCUT2D eigenvalue weighted by atomic mass is 9.83. The monoisotopic (exact) mass is 283 g/mol. The zero-order chi connectivity index (χ0) is 13.7. The molecule has 0 bridgehead atoms. The summed E-state index contributed by atoms with van der Waals surface area (Å²) in [6, 6.07) is 5.20. The summed E-state index contributed by atoms with van der Waals surface area (Å²) < 4.78 is 13.0. The van der Waals surface area contributed by atoms with E-state index in [1.54, 1.807) is 6.07 Å². The first kappa shape index (κ1) is 14.8. The maximum Gasteiger partial charge on any atom is 0.124 e. The molecule has 1 aromatic rings. The molecule has 1 aliphatic rings. The number of nitrogens with one attached hydrogen (secondary N) is 1. The van der Waals surface area contributed by atoms with Gasteiger partial charge < -0.3 is 5.32 Å². The minimum atomic E-state index is -0.270. The third-order valence-corrected chi connectivity index (χ3v) is 4.58. The number of rotatable bonds is 5. The minimum absolute atomic E-state index is 0.270. The molecule has 0 aromatic heterocycles. The normalized spacial score (nSPS) is 18.5. The maximum atomic E-state index is 13.0. The first-order chi connectivity index (χ1) is 9.20. The molecule has 0 radical (unpaired) electrons. The smallest absolute Gasteiger partial charge is 0.124 e. The number of benzene rings is 1. The van der Waals surface area contributed by atoms with Crippen molar-refractivity contribution in [2.24, 2.45) is 5.92 Å². The summed E-state index contributed by atoms with van der Waals surface area (Å²) in [4.78, 5) is 0. The highest BCUT2D eigenvalue weighted by molar-refractivity contribution is 6.31. The fourth-order valence-corrected chi connectivity index (χ4v) is 3.32. The molecule has 0 aliphatic heterocycles. The molecule has 3 heteroatoms. The molecule has 0 saturated heterocycles. The van der Waals surface area contributed by atoms with Gasteiger partial charge in [0.15, 0.2) is 0 Å². The molecule has 1 aliphatic carbocycles. The van der Waals surface area contributed by atoms with Gasteiger partial charge in [-0.15, -0.1) is 0 Å². The van der Waals surface area contributed by atoms with Crippen molar-refractivity contribution in [1.82, 2.24) is 5.32 Å². The predicted octanol–water partition coefficient (Wildman–Crippen LogP) is 4.93. The molecular weight excluding hydrogens is 261 g/mol. The van der Waals surface area contributed by atoms with Crippen LogP contribution in [0.1, 0.15) is 51.0 Å². The van der Waals surface area contributed by atoms with E-state index in [-0.39, 0.29) is 5.82 Å². The van der Waals surface area contributed by atoms with E-state index < -0.39 is 0 Å². The Morgan fingerprint density at radius 3 is 2.68 bits per heavy atom. The first-order valence-electron chi connectivity index (χ1n) is 7.38. The number of hydrogen-bond donors (Lipinski definition) is 1. The Hall–Kier alpha value is -0.600. The van der Waals surface area contributed by atoms with Crippen LogP contribution in [0.15, 0.2) is 18.2 Å². The zero-order valence-electron chi connectivity index (χ0n) is 11.6. The third kappa shape index (κ3) is 4.19. The molecule has 2 rings (SSSR count). The summed E-state index contributed by atoms with van der Waals surface area (Å²) in [5.41, 5.74) is 0.984. The highest BCUT2D eigenvalue weighted by atomic mass is 35.5. The molecule has 1 unspecified atom stereocenters. The number of hydrogen-bond acceptors (Lipinski definition) is 1. The molecule has 106 valence electrons. The van der Waals surface area contributed by atoms with Crippen LogP contribution >= 0.6 is 11.6 Å². The van der Waals surface area contributed by atoms with Gasteiger partial charge in [0, 0.05) is 17.6 Å². The van der Waals surface area contributed by atoms with Gasteiger partial charge in [-0.3, -0.25) is 0 Å². The molecule has 1 N–H and O–H groups in total. The molecular formula is C16H23ClFN. The van der Waals surface area contributed by atoms with Gasteiger partial charge in [-0.2, -0.15) is 0 Å². The second kappa shape index (κ2) is 7.25. The van der Waals surface area contributed by atoms with E-state index in [4.69, 9.17) is 11.6 Å². The summed E-state index contributed by atoms with van der Waals surface area (Å²) in [6.07, 6.45) is 7.92. The van der Waals surface area contributed by atoms with Crippen LogP contribution in [0.4, 0.5) is 4.39 Å². The fraction of sp³-hybridized carbons (Fsp3) is 0.625. The topological polar surface area (TPSA) is 12.0 Å². The molecule has 0 heterocycles. The van der Waals surface area contributed by atoms with Gasteiger partial charge in [-0.25, -0.2) is 4.39 Å². The zero-order valence-corrected chi connectivity index (χ0v) is 12.3. The van der Waals surface area contributed by atoms with Crippen molar-refractivity contribution in [3.63, 3.8) is 0 Å². The quantitative estimate of drug-likeness (QED) is 0.808. The van der Waals surface area contributed by atoms with Crippen LogP contribution < -0.4 is 5.32 Å². The fourth-order valence-electron chi connectivity index (χ4n) is 3.09. The van der Waals surface area contributed by atoms with Crippen LogP contribution in [0.2, 0.25) is 5.02 Å². The lowest BCUT2D eigenvalue weighted by Crippen LogP contribution is -2.36. The lowest BCUT2D eigenvalue weighted by Gasteiger charge is -2.30. The standard InChI is InChI=1S/C16H23ClFN/c1-2-16(12-6-4-3-5-7-12)19-11-13-8-9-14(18)10-15(13)17/h8-10,12,16,19H,2-7,11H2,1H3. The van der Waals surface area contributed by atoms with E-state index in [2.05, 4.69) is 12.2 Å². The second-order valence-corrected chi connectivity index (χ2v) is 5.94. The van der Waals surface area contributed by atoms with E-state index in [1.165, 1.54) is 44.2 Å². The van der Waals surface area contributed by atoms with Crippen LogP contribution in [-0.4, -0.2) is 6.04 Å². The molecule has 1 nitrogen and oxygen atoms in total. The SMILES string of the molecule is CCC(NCc1ccc(F)cc1Cl)C1CCCCC1. The average molecular weight is 284 g/mol. The predicted molar refractivity (Wildman–Crippen MR) is 78.9 cm³/mol. The second-order valence-electron chi connectivity index (χ2n) is 5.53. The Morgan fingerprint density at radius 2 is 2.05 bits per heavy atom. The Kier molecular flexibility index (Phi) is 5.65. The first-order valence-corrected chi connectivity index (χ1v) is 7.75. The van der Waals surface area contributed by atoms with Crippen LogP contribution in [-0.2, 0) is 6.54 Å². The molecule has 1 saturated carbocycles. The largest absolute Gasteiger partial charge is 0.310 e. The van der Waals surface area contributed by atoms with E-state index in [0.29, 0.717) is 11.1 Å². The van der Waals surface area contributed by atoms with Gasteiger partial charge in [0.25, 0.3) is 0 Å². The van der Waals surface area contributed by atoms with Crippen LogP contribution in [0.3, 0.4) is 0 Å². The van der Waals surface area contributed by atoms with Gasteiger partial charge in [0.1, 0.15) is 5.82 Å². The molecule has 0 spiro atoms. The van der Waals surface area contributed by atoms with Crippen molar-refractivity contribution in [2.75, 3.05) is 0 Å². The number of halogens is 2. The molecule has 19 heavy (non-hydrogen) atoms. The van der Waals surface area contributed by atoms with E-state index in [9.17, 15) is 4.39 Å². The highest BCUT2D eigenvalue weighted by Crippen LogP contribution is 2.28. The Labute approximate surface area is 120 Å². The van der Waals surface area contributed by atoms with Crippen molar-refractivity contribution in [2.45, 2.75) is 58.0 Å². The summed E-state index contributed by atoms with van der Waals surface area (Å²) in [6.45, 7) is 2.96. The van der Waals surface area contributed by atoms with Crippen molar-refractivity contribution in [1.29, 1.82) is 0 Å². The van der Waals surface area contributed by atoms with E-state index >= 15 is 0 Å². The maximum absolute atomic E-state index is 13.0. The summed E-state index contributed by atoms with van der Waals surface area (Å²) in [5.74, 6) is 0.519. The van der Waals surface area contributed by atoms with Crippen molar-refractivity contribution >= 4 is 11.6 Å². The molecule has 0 amide bonds. The van der Waals surface area contributed by atoms with E-state index in [1.807, 2.05) is 0 Å². The summed E-state index contributed by atoms with van der Waals surface area (Å²) >= 11 is 6.06. The third-order valence-electron chi connectivity index (χ3n) is 4.23. The Morgan fingerprint density at radius 1 is 1.32 bits per heavy atom. The summed E-state index contributed by atoms with van der Waals surface area (Å²) in [7, 11) is 0. The van der Waals surface area contributed by atoms with E-state index in [0.717, 1.165) is 24.4 Å². The van der Waals surface area contributed by atoms with Gasteiger partial charge in [0.05, 0.1) is 0 Å². The molecule has 1 fully saturated rings. The van der Waals surface area contributed by atoms with Crippen LogP contribution in [0.5, 0.6) is 0 Å². The van der Waals surface area contributed by atoms with Crippen LogP contribution in [0, 0.1) is 11.7 Å². The molecule has 1 aromatic carbocycles. The Bertz CT molecular complexity index is 402. The Balaban J connectivity index is 1.91. The van der Waals surface area contributed by atoms with Crippen LogP contribution in [0.25, 0.3) is 0 Å².